The lowest BCUT2D eigenvalue weighted by Crippen LogP contribution is -2.34. The van der Waals surface area contributed by atoms with Crippen LogP contribution in [0.1, 0.15) is 50.3 Å². The normalized spacial score (nSPS) is 15.3. The van der Waals surface area contributed by atoms with Crippen LogP contribution in [0, 0.1) is 0 Å². The van der Waals surface area contributed by atoms with E-state index in [9.17, 15) is 13.2 Å². The largest absolute Gasteiger partial charge is 0.497 e. The third-order valence-corrected chi connectivity index (χ3v) is 6.58. The second-order valence-corrected chi connectivity index (χ2v) is 8.99. The molecule has 0 radical (unpaired) electrons. The highest BCUT2D eigenvalue weighted by Crippen LogP contribution is 2.23. The van der Waals surface area contributed by atoms with Crippen LogP contribution in [0.4, 0.5) is 0 Å². The number of rotatable bonds is 10. The Bertz CT molecular complexity index is 950. The maximum atomic E-state index is 12.8. The van der Waals surface area contributed by atoms with E-state index in [0.717, 1.165) is 19.3 Å². The van der Waals surface area contributed by atoms with Crippen molar-refractivity contribution in [3.8, 4) is 5.75 Å². The van der Waals surface area contributed by atoms with Gasteiger partial charge >= 0.3 is 0 Å². The Kier molecular flexibility index (Phi) is 7.70. The van der Waals surface area contributed by atoms with E-state index in [-0.39, 0.29) is 17.2 Å². The molecule has 1 aromatic heterocycles. The molecule has 3 rings (SSSR count). The molecular formula is C22H28N2O5S. The molecule has 1 aliphatic rings. The highest BCUT2D eigenvalue weighted by atomic mass is 32.2. The summed E-state index contributed by atoms with van der Waals surface area (Å²) in [6, 6.07) is 8.57. The summed E-state index contributed by atoms with van der Waals surface area (Å²) in [6.45, 7) is 0.542. The molecule has 2 aromatic rings. The smallest absolute Gasteiger partial charge is 0.241 e. The van der Waals surface area contributed by atoms with Crippen LogP contribution < -0.4 is 14.8 Å². The van der Waals surface area contributed by atoms with Gasteiger partial charge in [0.1, 0.15) is 11.5 Å². The van der Waals surface area contributed by atoms with Crippen molar-refractivity contribution in [1.29, 1.82) is 0 Å². The number of carbonyl (C=O) groups is 1. The second kappa shape index (κ2) is 10.4. The Morgan fingerprint density at radius 2 is 2.00 bits per heavy atom. The highest BCUT2D eigenvalue weighted by Gasteiger charge is 2.25. The van der Waals surface area contributed by atoms with Gasteiger partial charge in [0.15, 0.2) is 0 Å². The number of benzene rings is 1. The quantitative estimate of drug-likeness (QED) is 0.558. The van der Waals surface area contributed by atoms with Crippen molar-refractivity contribution in [3.05, 3.63) is 60.1 Å². The lowest BCUT2D eigenvalue weighted by molar-refractivity contribution is -0.121. The SMILES string of the molecule is COc1ccc(S(=O)(=O)N[C@@H](CC(=O)NCCC2=CCCCC2)c2ccco2)cc1. The molecule has 1 amide bonds. The first kappa shape index (κ1) is 22.1. The summed E-state index contributed by atoms with van der Waals surface area (Å²) >= 11 is 0. The van der Waals surface area contributed by atoms with Crippen LogP contribution in [-0.2, 0) is 14.8 Å². The van der Waals surface area contributed by atoms with Crippen molar-refractivity contribution in [2.24, 2.45) is 0 Å². The third-order valence-electron chi connectivity index (χ3n) is 5.10. The summed E-state index contributed by atoms with van der Waals surface area (Å²) in [5.41, 5.74) is 1.38. The summed E-state index contributed by atoms with van der Waals surface area (Å²) in [5, 5.41) is 2.89. The molecule has 1 aliphatic carbocycles. The van der Waals surface area contributed by atoms with Crippen LogP contribution in [0.25, 0.3) is 0 Å². The lowest BCUT2D eigenvalue weighted by atomic mass is 9.97. The molecule has 162 valence electrons. The first-order valence-corrected chi connectivity index (χ1v) is 11.6. The minimum Gasteiger partial charge on any atom is -0.497 e. The van der Waals surface area contributed by atoms with Crippen molar-refractivity contribution < 1.29 is 22.4 Å². The number of amides is 1. The molecule has 0 aliphatic heterocycles. The molecule has 1 atom stereocenters. The number of hydrogen-bond donors (Lipinski definition) is 2. The number of allylic oxidation sites excluding steroid dienone is 1. The maximum absolute atomic E-state index is 12.8. The van der Waals surface area contributed by atoms with Crippen molar-refractivity contribution in [3.63, 3.8) is 0 Å². The molecular weight excluding hydrogens is 404 g/mol. The predicted octanol–water partition coefficient (Wildman–Crippen LogP) is 3.70. The Morgan fingerprint density at radius 1 is 1.20 bits per heavy atom. The van der Waals surface area contributed by atoms with E-state index in [0.29, 0.717) is 18.1 Å². The summed E-state index contributed by atoms with van der Waals surface area (Å²) in [5.74, 6) is 0.714. The summed E-state index contributed by atoms with van der Waals surface area (Å²) < 4.78 is 38.6. The molecule has 7 nitrogen and oxygen atoms in total. The molecule has 0 fully saturated rings. The van der Waals surface area contributed by atoms with Gasteiger partial charge in [-0.15, -0.1) is 0 Å². The van der Waals surface area contributed by atoms with E-state index in [1.54, 1.807) is 24.3 Å². The van der Waals surface area contributed by atoms with Gasteiger partial charge in [-0.05, 0) is 68.5 Å². The van der Waals surface area contributed by atoms with Crippen molar-refractivity contribution >= 4 is 15.9 Å². The van der Waals surface area contributed by atoms with E-state index in [1.165, 1.54) is 43.9 Å². The standard InChI is InChI=1S/C22H28N2O5S/c1-28-18-9-11-19(12-10-18)30(26,27)24-20(21-8-5-15-29-21)16-22(25)23-14-13-17-6-3-2-4-7-17/h5-6,8-12,15,20,24H,2-4,7,13-14,16H2,1H3,(H,23,25)/t20-/m0/s1. The first-order valence-electron chi connectivity index (χ1n) is 10.1. The average molecular weight is 433 g/mol. The minimum atomic E-state index is -3.85. The molecule has 0 unspecified atom stereocenters. The number of methoxy groups -OCH3 is 1. The number of nitrogens with one attached hydrogen (secondary N) is 2. The summed E-state index contributed by atoms with van der Waals surface area (Å²) in [6.07, 6.45) is 9.12. The summed E-state index contributed by atoms with van der Waals surface area (Å²) in [4.78, 5) is 12.6. The number of furan rings is 1. The van der Waals surface area contributed by atoms with Crippen LogP contribution in [-0.4, -0.2) is 28.0 Å². The first-order chi connectivity index (χ1) is 14.5. The van der Waals surface area contributed by atoms with E-state index in [1.807, 2.05) is 0 Å². The van der Waals surface area contributed by atoms with Gasteiger partial charge in [-0.3, -0.25) is 4.79 Å². The molecule has 2 N–H and O–H groups in total. The molecule has 0 saturated carbocycles. The van der Waals surface area contributed by atoms with Gasteiger partial charge in [-0.2, -0.15) is 4.72 Å². The predicted molar refractivity (Wildman–Crippen MR) is 114 cm³/mol. The van der Waals surface area contributed by atoms with Crippen LogP contribution in [0.5, 0.6) is 5.75 Å². The molecule has 0 spiro atoms. The van der Waals surface area contributed by atoms with Crippen LogP contribution >= 0.6 is 0 Å². The Hall–Kier alpha value is -2.58. The lowest BCUT2D eigenvalue weighted by Gasteiger charge is -2.17. The van der Waals surface area contributed by atoms with Gasteiger partial charge in [-0.1, -0.05) is 11.6 Å². The monoisotopic (exact) mass is 432 g/mol. The van der Waals surface area contributed by atoms with Gasteiger partial charge in [0, 0.05) is 6.54 Å². The third kappa shape index (κ3) is 6.21. The molecule has 1 heterocycles. The highest BCUT2D eigenvalue weighted by molar-refractivity contribution is 7.89. The number of ether oxygens (including phenoxy) is 1. The zero-order valence-electron chi connectivity index (χ0n) is 17.1. The zero-order chi connectivity index (χ0) is 21.4. The number of sulfonamides is 1. The molecule has 30 heavy (non-hydrogen) atoms. The van der Waals surface area contributed by atoms with Gasteiger partial charge in [0.05, 0.1) is 30.7 Å². The molecule has 0 bridgehead atoms. The van der Waals surface area contributed by atoms with E-state index in [2.05, 4.69) is 16.1 Å². The van der Waals surface area contributed by atoms with Crippen molar-refractivity contribution in [2.75, 3.05) is 13.7 Å². The van der Waals surface area contributed by atoms with Crippen molar-refractivity contribution in [1.82, 2.24) is 10.0 Å². The second-order valence-electron chi connectivity index (χ2n) is 7.28. The van der Waals surface area contributed by atoms with E-state index < -0.39 is 16.1 Å². The minimum absolute atomic E-state index is 0.0536. The van der Waals surface area contributed by atoms with Gasteiger partial charge < -0.3 is 14.5 Å². The van der Waals surface area contributed by atoms with Gasteiger partial charge in [-0.25, -0.2) is 8.42 Å². The molecule has 1 aromatic carbocycles. The average Bonchev–Trinajstić information content (AvgIpc) is 3.29. The number of hydrogen-bond acceptors (Lipinski definition) is 5. The fraction of sp³-hybridized carbons (Fsp3) is 0.409. The fourth-order valence-electron chi connectivity index (χ4n) is 3.45. The fourth-order valence-corrected chi connectivity index (χ4v) is 4.66. The van der Waals surface area contributed by atoms with Crippen LogP contribution in [0.15, 0.2) is 63.6 Å². The Morgan fingerprint density at radius 3 is 2.63 bits per heavy atom. The van der Waals surface area contributed by atoms with E-state index in [4.69, 9.17) is 9.15 Å². The zero-order valence-corrected chi connectivity index (χ0v) is 17.9. The Balaban J connectivity index is 1.62. The van der Waals surface area contributed by atoms with Crippen molar-refractivity contribution in [2.45, 2.75) is 49.5 Å². The molecule has 0 saturated heterocycles. The maximum Gasteiger partial charge on any atom is 0.241 e. The van der Waals surface area contributed by atoms with E-state index >= 15 is 0 Å². The topological polar surface area (TPSA) is 97.6 Å². The Labute approximate surface area is 177 Å². The van der Waals surface area contributed by atoms with Gasteiger partial charge in [0.2, 0.25) is 15.9 Å². The van der Waals surface area contributed by atoms with Gasteiger partial charge in [0.25, 0.3) is 0 Å². The molecule has 8 heteroatoms. The van der Waals surface area contributed by atoms with Crippen LogP contribution in [0.3, 0.4) is 0 Å². The number of carbonyl (C=O) groups excluding carboxylic acids is 1. The van der Waals surface area contributed by atoms with Crippen LogP contribution in [0.2, 0.25) is 0 Å². The summed E-state index contributed by atoms with van der Waals surface area (Å²) in [7, 11) is -2.34.